The van der Waals surface area contributed by atoms with Crippen LogP contribution in [-0.2, 0) is 6.54 Å². The minimum Gasteiger partial charge on any atom is -0.399 e. The van der Waals surface area contributed by atoms with Crippen LogP contribution in [0.1, 0.15) is 23.0 Å². The molecule has 0 saturated carbocycles. The van der Waals surface area contributed by atoms with Gasteiger partial charge in [0.2, 0.25) is 0 Å². The van der Waals surface area contributed by atoms with Crippen molar-refractivity contribution in [3.63, 3.8) is 0 Å². The number of carbonyl (C=O) groups is 1. The summed E-state index contributed by atoms with van der Waals surface area (Å²) in [4.78, 5) is 18.5. The molecule has 21 heavy (non-hydrogen) atoms. The van der Waals surface area contributed by atoms with Crippen LogP contribution in [-0.4, -0.2) is 22.3 Å². The number of halogens is 2. The van der Waals surface area contributed by atoms with E-state index in [1.54, 1.807) is 11.1 Å². The Bertz CT molecular complexity index is 647. The molecular formula is C15H15Cl2N3O. The molecule has 0 aliphatic carbocycles. The molecule has 0 bridgehead atoms. The number of nitrogen functional groups attached to an aromatic ring is 1. The summed E-state index contributed by atoms with van der Waals surface area (Å²) in [6, 6.07) is 8.64. The van der Waals surface area contributed by atoms with Gasteiger partial charge in [-0.05, 0) is 31.2 Å². The van der Waals surface area contributed by atoms with Gasteiger partial charge in [0.15, 0.2) is 0 Å². The third kappa shape index (κ3) is 3.65. The van der Waals surface area contributed by atoms with E-state index in [1.807, 2.05) is 25.1 Å². The first-order valence-corrected chi connectivity index (χ1v) is 7.22. The SMILES string of the molecule is CCN(Cc1ccccn1)C(=O)c1cc(N)cc(Cl)c1Cl. The van der Waals surface area contributed by atoms with E-state index in [9.17, 15) is 4.79 Å². The van der Waals surface area contributed by atoms with E-state index in [-0.39, 0.29) is 16.0 Å². The number of nitrogens with two attached hydrogens (primary N) is 1. The second-order valence-corrected chi connectivity index (χ2v) is 5.29. The summed E-state index contributed by atoms with van der Waals surface area (Å²) in [5, 5.41) is 0.490. The lowest BCUT2D eigenvalue weighted by molar-refractivity contribution is 0.0751. The van der Waals surface area contributed by atoms with Crippen LogP contribution in [0.15, 0.2) is 36.5 Å². The lowest BCUT2D eigenvalue weighted by Crippen LogP contribution is -2.31. The van der Waals surface area contributed by atoms with Crippen molar-refractivity contribution in [2.45, 2.75) is 13.5 Å². The van der Waals surface area contributed by atoms with Crippen molar-refractivity contribution in [2.75, 3.05) is 12.3 Å². The van der Waals surface area contributed by atoms with Gasteiger partial charge in [-0.1, -0.05) is 29.3 Å². The average Bonchev–Trinajstić information content (AvgIpc) is 2.49. The summed E-state index contributed by atoms with van der Waals surface area (Å²) in [5.41, 5.74) is 7.25. The number of hydrogen-bond donors (Lipinski definition) is 1. The van der Waals surface area contributed by atoms with Crippen LogP contribution in [0.3, 0.4) is 0 Å². The molecule has 0 saturated heterocycles. The van der Waals surface area contributed by atoms with Crippen LogP contribution in [0.5, 0.6) is 0 Å². The second-order valence-electron chi connectivity index (χ2n) is 4.50. The molecule has 2 N–H and O–H groups in total. The van der Waals surface area contributed by atoms with Gasteiger partial charge in [-0.15, -0.1) is 0 Å². The van der Waals surface area contributed by atoms with Crippen molar-refractivity contribution >= 4 is 34.8 Å². The maximum absolute atomic E-state index is 12.6. The molecule has 0 atom stereocenters. The number of rotatable bonds is 4. The van der Waals surface area contributed by atoms with Crippen LogP contribution in [0.2, 0.25) is 10.0 Å². The monoisotopic (exact) mass is 323 g/mol. The van der Waals surface area contributed by atoms with Gasteiger partial charge in [0, 0.05) is 18.4 Å². The first-order valence-electron chi connectivity index (χ1n) is 6.46. The largest absolute Gasteiger partial charge is 0.399 e. The van der Waals surface area contributed by atoms with E-state index < -0.39 is 0 Å². The van der Waals surface area contributed by atoms with Crippen LogP contribution in [0.4, 0.5) is 5.69 Å². The Hall–Kier alpha value is -1.78. The third-order valence-electron chi connectivity index (χ3n) is 3.03. The summed E-state index contributed by atoms with van der Waals surface area (Å²) >= 11 is 12.1. The average molecular weight is 324 g/mol. The Morgan fingerprint density at radius 3 is 2.71 bits per heavy atom. The summed E-state index contributed by atoms with van der Waals surface area (Å²) in [7, 11) is 0. The van der Waals surface area contributed by atoms with Crippen molar-refractivity contribution in [3.05, 3.63) is 57.8 Å². The van der Waals surface area contributed by atoms with Crippen molar-refractivity contribution < 1.29 is 4.79 Å². The zero-order valence-corrected chi connectivity index (χ0v) is 13.0. The van der Waals surface area contributed by atoms with Crippen molar-refractivity contribution in [1.82, 2.24) is 9.88 Å². The van der Waals surface area contributed by atoms with Gasteiger partial charge in [0.05, 0.1) is 27.8 Å². The highest BCUT2D eigenvalue weighted by Crippen LogP contribution is 2.29. The van der Waals surface area contributed by atoms with E-state index in [1.165, 1.54) is 12.1 Å². The third-order valence-corrected chi connectivity index (χ3v) is 3.83. The highest BCUT2D eigenvalue weighted by Gasteiger charge is 2.20. The predicted octanol–water partition coefficient (Wildman–Crippen LogP) is 3.63. The Kier molecular flexibility index (Phi) is 5.04. The molecule has 1 heterocycles. The van der Waals surface area contributed by atoms with Gasteiger partial charge in [-0.25, -0.2) is 0 Å². The number of pyridine rings is 1. The number of amides is 1. The fourth-order valence-electron chi connectivity index (χ4n) is 1.95. The molecule has 6 heteroatoms. The molecule has 0 radical (unpaired) electrons. The van der Waals surface area contributed by atoms with E-state index in [0.29, 0.717) is 24.3 Å². The molecule has 0 unspecified atom stereocenters. The normalized spacial score (nSPS) is 10.4. The highest BCUT2D eigenvalue weighted by molar-refractivity contribution is 6.44. The van der Waals surface area contributed by atoms with Crippen LogP contribution in [0.25, 0.3) is 0 Å². The first-order chi connectivity index (χ1) is 10.0. The van der Waals surface area contributed by atoms with E-state index >= 15 is 0 Å². The Balaban J connectivity index is 2.29. The molecule has 0 fully saturated rings. The maximum atomic E-state index is 12.6. The zero-order valence-electron chi connectivity index (χ0n) is 11.5. The summed E-state index contributed by atoms with van der Waals surface area (Å²) in [6.07, 6.45) is 1.69. The maximum Gasteiger partial charge on any atom is 0.255 e. The van der Waals surface area contributed by atoms with Crippen LogP contribution < -0.4 is 5.73 Å². The molecule has 1 aromatic carbocycles. The van der Waals surface area contributed by atoms with Gasteiger partial charge in [-0.3, -0.25) is 9.78 Å². The lowest BCUT2D eigenvalue weighted by Gasteiger charge is -2.21. The summed E-state index contributed by atoms with van der Waals surface area (Å²) < 4.78 is 0. The number of carbonyl (C=O) groups excluding carboxylic acids is 1. The van der Waals surface area contributed by atoms with E-state index in [0.717, 1.165) is 5.69 Å². The van der Waals surface area contributed by atoms with Crippen LogP contribution >= 0.6 is 23.2 Å². The molecule has 0 aliphatic heterocycles. The van der Waals surface area contributed by atoms with Gasteiger partial charge in [-0.2, -0.15) is 0 Å². The van der Waals surface area contributed by atoms with Gasteiger partial charge >= 0.3 is 0 Å². The first kappa shape index (κ1) is 15.6. The summed E-state index contributed by atoms with van der Waals surface area (Å²) in [6.45, 7) is 2.82. The molecule has 0 spiro atoms. The fraction of sp³-hybridized carbons (Fsp3) is 0.200. The molecule has 1 amide bonds. The Morgan fingerprint density at radius 1 is 1.33 bits per heavy atom. The van der Waals surface area contributed by atoms with Gasteiger partial charge < -0.3 is 10.6 Å². The molecule has 2 aromatic rings. The van der Waals surface area contributed by atoms with Crippen LogP contribution in [0, 0.1) is 0 Å². The molecular weight excluding hydrogens is 309 g/mol. The minimum absolute atomic E-state index is 0.218. The van der Waals surface area contributed by atoms with Crippen molar-refractivity contribution in [1.29, 1.82) is 0 Å². The summed E-state index contributed by atoms with van der Waals surface area (Å²) in [5.74, 6) is -0.220. The van der Waals surface area contributed by atoms with Crippen molar-refractivity contribution in [3.8, 4) is 0 Å². The number of aromatic nitrogens is 1. The molecule has 110 valence electrons. The second kappa shape index (κ2) is 6.78. The molecule has 0 aliphatic rings. The fourth-order valence-corrected chi connectivity index (χ4v) is 2.37. The Morgan fingerprint density at radius 2 is 2.10 bits per heavy atom. The number of benzene rings is 1. The Labute approximate surface area is 133 Å². The van der Waals surface area contributed by atoms with Gasteiger partial charge in [0.1, 0.15) is 0 Å². The molecule has 1 aromatic heterocycles. The van der Waals surface area contributed by atoms with Crippen molar-refractivity contribution in [2.24, 2.45) is 0 Å². The highest BCUT2D eigenvalue weighted by atomic mass is 35.5. The minimum atomic E-state index is -0.220. The predicted molar refractivity (Wildman–Crippen MR) is 85.5 cm³/mol. The smallest absolute Gasteiger partial charge is 0.255 e. The lowest BCUT2D eigenvalue weighted by atomic mass is 10.1. The number of anilines is 1. The van der Waals surface area contributed by atoms with E-state index in [4.69, 9.17) is 28.9 Å². The standard InChI is InChI=1S/C15H15Cl2N3O/c1-2-20(9-11-5-3-4-6-19-11)15(21)12-7-10(18)8-13(16)14(12)17/h3-8H,2,9,18H2,1H3. The quantitative estimate of drug-likeness (QED) is 0.874. The number of nitrogens with zero attached hydrogens (tertiary/aromatic N) is 2. The zero-order chi connectivity index (χ0) is 15.4. The number of hydrogen-bond acceptors (Lipinski definition) is 3. The van der Waals surface area contributed by atoms with E-state index in [2.05, 4.69) is 4.98 Å². The topological polar surface area (TPSA) is 59.2 Å². The molecule has 4 nitrogen and oxygen atoms in total. The molecule has 2 rings (SSSR count). The van der Waals surface area contributed by atoms with Gasteiger partial charge in [0.25, 0.3) is 5.91 Å².